The molecule has 1 saturated heterocycles. The summed E-state index contributed by atoms with van der Waals surface area (Å²) in [6.45, 7) is 5.62. The van der Waals surface area contributed by atoms with Crippen LogP contribution in [0.2, 0.25) is 0 Å². The molecule has 2 heterocycles. The Morgan fingerprint density at radius 2 is 1.67 bits per heavy atom. The van der Waals surface area contributed by atoms with Crippen LogP contribution in [0.1, 0.15) is 31.2 Å². The summed E-state index contributed by atoms with van der Waals surface area (Å²) in [6, 6.07) is 19.9. The minimum Gasteiger partial charge on any atom is -0.325 e. The summed E-state index contributed by atoms with van der Waals surface area (Å²) in [4.78, 5) is 15.1. The molecular formula is C23H27N5OS. The molecule has 30 heavy (non-hydrogen) atoms. The first-order valence-electron chi connectivity index (χ1n) is 10.4. The lowest BCUT2D eigenvalue weighted by atomic mass is 10.2. The number of benzene rings is 2. The first-order chi connectivity index (χ1) is 14.7. The van der Waals surface area contributed by atoms with E-state index in [0.29, 0.717) is 6.54 Å². The first-order valence-corrected chi connectivity index (χ1v) is 11.3. The molecule has 3 aromatic rings. The topological polar surface area (TPSA) is 63.1 Å². The normalized spacial score (nSPS) is 15.2. The third kappa shape index (κ3) is 5.29. The van der Waals surface area contributed by atoms with Gasteiger partial charge in [0.25, 0.3) is 0 Å². The molecule has 0 bridgehead atoms. The van der Waals surface area contributed by atoms with E-state index in [-0.39, 0.29) is 11.2 Å². The molecule has 2 aromatic carbocycles. The Bertz CT molecular complexity index is 954. The average Bonchev–Trinajstić information content (AvgIpc) is 3.41. The van der Waals surface area contributed by atoms with Gasteiger partial charge < -0.3 is 9.88 Å². The second kappa shape index (κ2) is 9.91. The molecule has 7 heteroatoms. The van der Waals surface area contributed by atoms with Crippen molar-refractivity contribution < 1.29 is 4.79 Å². The molecule has 0 unspecified atom stereocenters. The fourth-order valence-corrected chi connectivity index (χ4v) is 4.43. The Kier molecular flexibility index (Phi) is 6.81. The van der Waals surface area contributed by atoms with Crippen molar-refractivity contribution in [3.8, 4) is 0 Å². The summed E-state index contributed by atoms with van der Waals surface area (Å²) in [5.41, 5.74) is 2.00. The predicted octanol–water partition coefficient (Wildman–Crippen LogP) is 4.04. The number of carbonyl (C=O) groups excluding carboxylic acids is 1. The van der Waals surface area contributed by atoms with Crippen LogP contribution in [0.4, 0.5) is 5.69 Å². The number of hydrogen-bond acceptors (Lipinski definition) is 5. The van der Waals surface area contributed by atoms with Gasteiger partial charge in [-0.2, -0.15) is 0 Å². The molecule has 1 amide bonds. The maximum absolute atomic E-state index is 12.7. The molecule has 4 rings (SSSR count). The average molecular weight is 422 g/mol. The molecular weight excluding hydrogens is 394 g/mol. The highest BCUT2D eigenvalue weighted by molar-refractivity contribution is 8.00. The highest BCUT2D eigenvalue weighted by atomic mass is 32.2. The van der Waals surface area contributed by atoms with Crippen LogP contribution in [0.25, 0.3) is 0 Å². The van der Waals surface area contributed by atoms with E-state index >= 15 is 0 Å². The smallest absolute Gasteiger partial charge is 0.237 e. The Morgan fingerprint density at radius 1 is 1.00 bits per heavy atom. The molecule has 1 N–H and O–H groups in total. The number of nitrogens with one attached hydrogen (secondary N) is 1. The number of para-hydroxylation sites is 1. The minimum absolute atomic E-state index is 0.0402. The summed E-state index contributed by atoms with van der Waals surface area (Å²) in [6.07, 6.45) is 2.48. The zero-order chi connectivity index (χ0) is 20.8. The third-order valence-corrected chi connectivity index (χ3v) is 6.31. The number of amides is 1. The van der Waals surface area contributed by atoms with E-state index in [9.17, 15) is 4.79 Å². The van der Waals surface area contributed by atoms with Gasteiger partial charge in [-0.3, -0.25) is 9.69 Å². The van der Waals surface area contributed by atoms with Crippen LogP contribution in [0.5, 0.6) is 0 Å². The van der Waals surface area contributed by atoms with Crippen LogP contribution in [-0.4, -0.2) is 43.9 Å². The van der Waals surface area contributed by atoms with E-state index in [0.717, 1.165) is 36.3 Å². The number of aromatic nitrogens is 3. The van der Waals surface area contributed by atoms with Gasteiger partial charge >= 0.3 is 0 Å². The largest absolute Gasteiger partial charge is 0.325 e. The Balaban J connectivity index is 1.50. The number of likely N-dealkylation sites (tertiary alicyclic amines) is 1. The highest BCUT2D eigenvalue weighted by Crippen LogP contribution is 2.25. The third-order valence-electron chi connectivity index (χ3n) is 5.23. The summed E-state index contributed by atoms with van der Waals surface area (Å²) in [7, 11) is 0. The Morgan fingerprint density at radius 3 is 2.37 bits per heavy atom. The van der Waals surface area contributed by atoms with Crippen molar-refractivity contribution in [1.29, 1.82) is 0 Å². The van der Waals surface area contributed by atoms with Crippen molar-refractivity contribution in [2.24, 2.45) is 0 Å². The number of thioether (sulfide) groups is 1. The van der Waals surface area contributed by atoms with E-state index in [1.165, 1.54) is 30.2 Å². The second-order valence-electron chi connectivity index (χ2n) is 7.57. The van der Waals surface area contributed by atoms with Crippen LogP contribution in [0.3, 0.4) is 0 Å². The predicted molar refractivity (Wildman–Crippen MR) is 120 cm³/mol. The maximum Gasteiger partial charge on any atom is 0.237 e. The van der Waals surface area contributed by atoms with Crippen LogP contribution in [-0.2, 0) is 17.9 Å². The lowest BCUT2D eigenvalue weighted by Gasteiger charge is -2.17. The van der Waals surface area contributed by atoms with Crippen molar-refractivity contribution >= 4 is 23.4 Å². The minimum atomic E-state index is -0.288. The molecule has 0 saturated carbocycles. The van der Waals surface area contributed by atoms with Gasteiger partial charge in [-0.05, 0) is 50.6 Å². The zero-order valence-electron chi connectivity index (χ0n) is 17.2. The number of anilines is 1. The number of carbonyl (C=O) groups is 1. The molecule has 0 spiro atoms. The molecule has 1 aliphatic heterocycles. The van der Waals surface area contributed by atoms with Gasteiger partial charge in [-0.15, -0.1) is 10.2 Å². The summed E-state index contributed by atoms with van der Waals surface area (Å²) >= 11 is 1.45. The quantitative estimate of drug-likeness (QED) is 0.556. The second-order valence-corrected chi connectivity index (χ2v) is 8.88. The highest BCUT2D eigenvalue weighted by Gasteiger charge is 2.22. The summed E-state index contributed by atoms with van der Waals surface area (Å²) in [5, 5.41) is 12.4. The van der Waals surface area contributed by atoms with Crippen LogP contribution in [0, 0.1) is 0 Å². The van der Waals surface area contributed by atoms with E-state index in [1.807, 2.05) is 55.5 Å². The molecule has 1 atom stereocenters. The molecule has 0 radical (unpaired) electrons. The molecule has 1 fully saturated rings. The van der Waals surface area contributed by atoms with Gasteiger partial charge in [0.15, 0.2) is 5.16 Å². The maximum atomic E-state index is 12.7. The number of hydrogen-bond donors (Lipinski definition) is 1. The lowest BCUT2D eigenvalue weighted by molar-refractivity contribution is -0.115. The van der Waals surface area contributed by atoms with Crippen LogP contribution < -0.4 is 5.32 Å². The van der Waals surface area contributed by atoms with Gasteiger partial charge in [0.1, 0.15) is 5.82 Å². The SMILES string of the molecule is C[C@H](Sc1nnc(CN2CCCC2)n1Cc1ccccc1)C(=O)Nc1ccccc1. The van der Waals surface area contributed by atoms with E-state index in [1.54, 1.807) is 0 Å². The summed E-state index contributed by atoms with van der Waals surface area (Å²) in [5.74, 6) is 0.917. The first kappa shape index (κ1) is 20.6. The molecule has 1 aliphatic rings. The van der Waals surface area contributed by atoms with Crippen molar-refractivity contribution in [2.45, 2.75) is 43.3 Å². The van der Waals surface area contributed by atoms with Crippen molar-refractivity contribution in [3.05, 3.63) is 72.1 Å². The van der Waals surface area contributed by atoms with Gasteiger partial charge in [0.2, 0.25) is 5.91 Å². The fraction of sp³-hybridized carbons (Fsp3) is 0.348. The van der Waals surface area contributed by atoms with Gasteiger partial charge in [0.05, 0.1) is 18.3 Å². The van der Waals surface area contributed by atoms with E-state index in [4.69, 9.17) is 0 Å². The van der Waals surface area contributed by atoms with Gasteiger partial charge in [-0.25, -0.2) is 0 Å². The molecule has 156 valence electrons. The number of nitrogens with zero attached hydrogens (tertiary/aromatic N) is 4. The monoisotopic (exact) mass is 421 g/mol. The lowest BCUT2D eigenvalue weighted by Crippen LogP contribution is -2.24. The van der Waals surface area contributed by atoms with Crippen molar-refractivity contribution in [1.82, 2.24) is 19.7 Å². The van der Waals surface area contributed by atoms with Gasteiger partial charge in [-0.1, -0.05) is 60.3 Å². The Labute approximate surface area is 181 Å². The fourth-order valence-electron chi connectivity index (χ4n) is 3.57. The van der Waals surface area contributed by atoms with Crippen LogP contribution >= 0.6 is 11.8 Å². The molecule has 0 aliphatic carbocycles. The van der Waals surface area contributed by atoms with Crippen LogP contribution in [0.15, 0.2) is 65.8 Å². The summed E-state index contributed by atoms with van der Waals surface area (Å²) < 4.78 is 2.16. The Hall–Kier alpha value is -2.64. The standard InChI is InChI=1S/C23H27N5OS/c1-18(22(29)24-20-12-6-3-7-13-20)30-23-26-25-21(17-27-14-8-9-15-27)28(23)16-19-10-4-2-5-11-19/h2-7,10-13,18H,8-9,14-17H2,1H3,(H,24,29)/t18-/m0/s1. The van der Waals surface area contributed by atoms with Crippen molar-refractivity contribution in [3.63, 3.8) is 0 Å². The molecule has 1 aromatic heterocycles. The zero-order valence-corrected chi connectivity index (χ0v) is 18.0. The molecule has 6 nitrogen and oxygen atoms in total. The van der Waals surface area contributed by atoms with Gasteiger partial charge in [0, 0.05) is 5.69 Å². The van der Waals surface area contributed by atoms with Crippen molar-refractivity contribution in [2.75, 3.05) is 18.4 Å². The van der Waals surface area contributed by atoms with E-state index < -0.39 is 0 Å². The number of rotatable bonds is 8. The van der Waals surface area contributed by atoms with E-state index in [2.05, 4.69) is 37.1 Å².